The van der Waals surface area contributed by atoms with E-state index >= 15 is 0 Å². The zero-order valence-corrected chi connectivity index (χ0v) is 17.6. The van der Waals surface area contributed by atoms with Gasteiger partial charge in [-0.25, -0.2) is 4.79 Å². The van der Waals surface area contributed by atoms with Crippen molar-refractivity contribution >= 4 is 45.4 Å². The van der Waals surface area contributed by atoms with Crippen molar-refractivity contribution < 1.29 is 4.79 Å². The van der Waals surface area contributed by atoms with Crippen molar-refractivity contribution in [1.82, 2.24) is 34.8 Å². The number of rotatable bonds is 2. The Morgan fingerprint density at radius 3 is 2.87 bits per heavy atom. The summed E-state index contributed by atoms with van der Waals surface area (Å²) < 4.78 is 1.68. The number of nitrogens with two attached hydrogens (primary N) is 1. The number of aromatic amines is 1. The Balaban J connectivity index is 1.35. The standard InChI is InChI=1S/C20H24N10O/c1-11-4-5-15(16-13(11)8-22-27-16)24-20(31)29-6-7-30(12(2)10-29)18-14-9-23-28(3)17(14)25-19(21)26-18/h4-5,8-9,12H,6-7,10H2,1-3H3,(H,22,27)(H,24,31)(H2,21,25,26)/t12-/m0/s1. The summed E-state index contributed by atoms with van der Waals surface area (Å²) >= 11 is 0. The van der Waals surface area contributed by atoms with Gasteiger partial charge in [-0.05, 0) is 25.5 Å². The van der Waals surface area contributed by atoms with Crippen LogP contribution in [0.15, 0.2) is 24.5 Å². The van der Waals surface area contributed by atoms with Gasteiger partial charge in [0.2, 0.25) is 5.95 Å². The minimum Gasteiger partial charge on any atom is -0.368 e. The molecule has 4 aromatic rings. The van der Waals surface area contributed by atoms with Gasteiger partial charge in [0.15, 0.2) is 5.65 Å². The predicted octanol–water partition coefficient (Wildman–Crippen LogP) is 1.87. The SMILES string of the molecule is Cc1ccc(NC(=O)N2CCN(c3nc(N)nc4c3cnn4C)[C@@H](C)C2)c2[nH]ncc12. The Morgan fingerprint density at radius 1 is 1.23 bits per heavy atom. The minimum atomic E-state index is -0.139. The molecule has 3 aromatic heterocycles. The number of hydrogen-bond donors (Lipinski definition) is 3. The van der Waals surface area contributed by atoms with E-state index in [-0.39, 0.29) is 18.0 Å². The van der Waals surface area contributed by atoms with Crippen LogP contribution in [-0.2, 0) is 7.05 Å². The first kappa shape index (κ1) is 19.1. The number of hydrogen-bond acceptors (Lipinski definition) is 7. The zero-order chi connectivity index (χ0) is 21.7. The first-order valence-corrected chi connectivity index (χ1v) is 10.1. The van der Waals surface area contributed by atoms with Crippen molar-refractivity contribution in [1.29, 1.82) is 0 Å². The average Bonchev–Trinajstić information content (AvgIpc) is 3.38. The molecule has 31 heavy (non-hydrogen) atoms. The molecular formula is C20H24N10O. The van der Waals surface area contributed by atoms with Gasteiger partial charge in [0.25, 0.3) is 0 Å². The van der Waals surface area contributed by atoms with Crippen molar-refractivity contribution in [2.75, 3.05) is 35.6 Å². The van der Waals surface area contributed by atoms with Crippen LogP contribution in [0.3, 0.4) is 0 Å². The molecule has 0 aliphatic carbocycles. The number of nitrogen functional groups attached to an aromatic ring is 1. The number of aromatic nitrogens is 6. The summed E-state index contributed by atoms with van der Waals surface area (Å²) in [6, 6.07) is 3.78. The number of piperazine rings is 1. The fourth-order valence-electron chi connectivity index (χ4n) is 4.17. The second-order valence-electron chi connectivity index (χ2n) is 7.92. The maximum absolute atomic E-state index is 13.0. The van der Waals surface area contributed by atoms with Crippen LogP contribution in [0.1, 0.15) is 12.5 Å². The summed E-state index contributed by atoms with van der Waals surface area (Å²) in [6.45, 7) is 5.82. The maximum atomic E-state index is 13.0. The third kappa shape index (κ3) is 3.18. The summed E-state index contributed by atoms with van der Waals surface area (Å²) in [5, 5.41) is 16.2. The molecule has 0 spiro atoms. The highest BCUT2D eigenvalue weighted by atomic mass is 16.2. The van der Waals surface area contributed by atoms with E-state index in [1.54, 1.807) is 17.1 Å². The van der Waals surface area contributed by atoms with Crippen LogP contribution in [0.2, 0.25) is 0 Å². The normalized spacial score (nSPS) is 16.9. The molecule has 1 fully saturated rings. The number of carbonyl (C=O) groups excluding carboxylic acids is 1. The fraction of sp³-hybridized carbons (Fsp3) is 0.350. The van der Waals surface area contributed by atoms with Crippen LogP contribution in [0.5, 0.6) is 0 Å². The molecule has 2 amide bonds. The smallest absolute Gasteiger partial charge is 0.322 e. The summed E-state index contributed by atoms with van der Waals surface area (Å²) in [5.74, 6) is 0.960. The van der Waals surface area contributed by atoms with Gasteiger partial charge in [-0.15, -0.1) is 0 Å². The molecule has 1 saturated heterocycles. The van der Waals surface area contributed by atoms with Crippen molar-refractivity contribution in [2.24, 2.45) is 7.05 Å². The van der Waals surface area contributed by atoms with Crippen molar-refractivity contribution in [3.63, 3.8) is 0 Å². The van der Waals surface area contributed by atoms with Gasteiger partial charge in [0, 0.05) is 38.1 Å². The van der Waals surface area contributed by atoms with Gasteiger partial charge in [-0.3, -0.25) is 9.78 Å². The second kappa shape index (κ2) is 7.11. The number of nitrogens with zero attached hydrogens (tertiary/aromatic N) is 7. The number of aryl methyl sites for hydroxylation is 2. The van der Waals surface area contributed by atoms with Crippen LogP contribution in [-0.4, -0.2) is 66.6 Å². The van der Waals surface area contributed by atoms with Gasteiger partial charge in [-0.1, -0.05) is 6.07 Å². The zero-order valence-electron chi connectivity index (χ0n) is 17.6. The molecule has 11 nitrogen and oxygen atoms in total. The molecule has 1 aliphatic heterocycles. The Labute approximate surface area is 178 Å². The number of carbonyl (C=O) groups is 1. The number of urea groups is 1. The third-order valence-electron chi connectivity index (χ3n) is 5.85. The third-order valence-corrected chi connectivity index (χ3v) is 5.85. The molecule has 1 aliphatic rings. The Morgan fingerprint density at radius 2 is 2.06 bits per heavy atom. The number of benzene rings is 1. The van der Waals surface area contributed by atoms with E-state index in [4.69, 9.17) is 5.73 Å². The molecule has 0 bridgehead atoms. The summed E-state index contributed by atoms with van der Waals surface area (Å²) in [6.07, 6.45) is 3.52. The minimum absolute atomic E-state index is 0.0439. The molecule has 1 aromatic carbocycles. The highest BCUT2D eigenvalue weighted by Gasteiger charge is 2.30. The van der Waals surface area contributed by atoms with Gasteiger partial charge in [0.05, 0.1) is 29.0 Å². The molecule has 0 unspecified atom stereocenters. The van der Waals surface area contributed by atoms with E-state index < -0.39 is 0 Å². The molecule has 5 rings (SSSR count). The van der Waals surface area contributed by atoms with E-state index in [2.05, 4.69) is 42.4 Å². The van der Waals surface area contributed by atoms with Gasteiger partial charge in [-0.2, -0.15) is 20.2 Å². The number of H-pyrrole nitrogens is 1. The summed E-state index contributed by atoms with van der Waals surface area (Å²) in [5.41, 5.74) is 9.29. The predicted molar refractivity (Wildman–Crippen MR) is 119 cm³/mol. The Bertz CT molecular complexity index is 1290. The molecule has 0 saturated carbocycles. The molecule has 4 heterocycles. The summed E-state index contributed by atoms with van der Waals surface area (Å²) in [7, 11) is 1.83. The first-order chi connectivity index (χ1) is 14.9. The second-order valence-corrected chi connectivity index (χ2v) is 7.92. The lowest BCUT2D eigenvalue weighted by atomic mass is 10.1. The van der Waals surface area contributed by atoms with E-state index in [0.717, 1.165) is 33.4 Å². The van der Waals surface area contributed by atoms with E-state index in [9.17, 15) is 4.79 Å². The number of fused-ring (bicyclic) bond motifs is 2. The summed E-state index contributed by atoms with van der Waals surface area (Å²) in [4.78, 5) is 25.7. The number of amides is 2. The van der Waals surface area contributed by atoms with Crippen LogP contribution in [0, 0.1) is 6.92 Å². The first-order valence-electron chi connectivity index (χ1n) is 10.1. The number of anilines is 3. The van der Waals surface area contributed by atoms with E-state index in [1.807, 2.05) is 31.0 Å². The number of nitrogens with one attached hydrogen (secondary N) is 2. The maximum Gasteiger partial charge on any atom is 0.322 e. The average molecular weight is 420 g/mol. The lowest BCUT2D eigenvalue weighted by Crippen LogP contribution is -2.55. The lowest BCUT2D eigenvalue weighted by Gasteiger charge is -2.40. The van der Waals surface area contributed by atoms with Crippen LogP contribution >= 0.6 is 0 Å². The molecule has 160 valence electrons. The quantitative estimate of drug-likeness (QED) is 0.451. The monoisotopic (exact) mass is 420 g/mol. The molecule has 11 heteroatoms. The lowest BCUT2D eigenvalue weighted by molar-refractivity contribution is 0.200. The highest BCUT2D eigenvalue weighted by Crippen LogP contribution is 2.28. The van der Waals surface area contributed by atoms with Gasteiger partial charge < -0.3 is 20.9 Å². The topological polar surface area (TPSA) is 134 Å². The molecule has 4 N–H and O–H groups in total. The molecule has 0 radical (unpaired) electrons. The largest absolute Gasteiger partial charge is 0.368 e. The fourth-order valence-corrected chi connectivity index (χ4v) is 4.17. The van der Waals surface area contributed by atoms with Crippen LogP contribution < -0.4 is 16.0 Å². The molecule has 1 atom stereocenters. The van der Waals surface area contributed by atoms with E-state index in [1.165, 1.54) is 0 Å². The van der Waals surface area contributed by atoms with Crippen molar-refractivity contribution in [3.8, 4) is 0 Å². The van der Waals surface area contributed by atoms with Gasteiger partial charge in [0.1, 0.15) is 5.82 Å². The van der Waals surface area contributed by atoms with E-state index in [0.29, 0.717) is 25.3 Å². The highest BCUT2D eigenvalue weighted by molar-refractivity contribution is 6.00. The van der Waals surface area contributed by atoms with Gasteiger partial charge >= 0.3 is 6.03 Å². The van der Waals surface area contributed by atoms with Crippen molar-refractivity contribution in [3.05, 3.63) is 30.1 Å². The van der Waals surface area contributed by atoms with Crippen LogP contribution in [0.25, 0.3) is 21.9 Å². The van der Waals surface area contributed by atoms with Crippen molar-refractivity contribution in [2.45, 2.75) is 19.9 Å². The Hall–Kier alpha value is -3.89. The molecular weight excluding hydrogens is 396 g/mol. The van der Waals surface area contributed by atoms with Crippen LogP contribution in [0.4, 0.5) is 22.2 Å². The Kier molecular flexibility index (Phi) is 4.38.